The summed E-state index contributed by atoms with van der Waals surface area (Å²) in [7, 11) is 0. The van der Waals surface area contributed by atoms with Gasteiger partial charge in [-0.2, -0.15) is 0 Å². The van der Waals surface area contributed by atoms with Crippen LogP contribution in [-0.2, 0) is 6.42 Å². The van der Waals surface area contributed by atoms with Crippen molar-refractivity contribution in [1.82, 2.24) is 19.9 Å². The van der Waals surface area contributed by atoms with Crippen LogP contribution in [0, 0.1) is 0 Å². The Labute approximate surface area is 146 Å². The van der Waals surface area contributed by atoms with E-state index in [1.165, 1.54) is 0 Å². The van der Waals surface area contributed by atoms with Crippen molar-refractivity contribution in [1.29, 1.82) is 0 Å². The molecule has 0 unspecified atom stereocenters. The first kappa shape index (κ1) is 15.1. The second-order valence-corrected chi connectivity index (χ2v) is 5.76. The van der Waals surface area contributed by atoms with Gasteiger partial charge < -0.3 is 0 Å². The lowest BCUT2D eigenvalue weighted by atomic mass is 10.1. The fourth-order valence-electron chi connectivity index (χ4n) is 2.66. The van der Waals surface area contributed by atoms with Crippen LogP contribution < -0.4 is 0 Å². The van der Waals surface area contributed by atoms with E-state index in [9.17, 15) is 0 Å². The molecule has 0 N–H and O–H groups in total. The van der Waals surface area contributed by atoms with Crippen LogP contribution in [0.15, 0.2) is 85.7 Å². The van der Waals surface area contributed by atoms with Crippen molar-refractivity contribution in [3.8, 4) is 22.5 Å². The maximum absolute atomic E-state index is 4.54. The van der Waals surface area contributed by atoms with Crippen LogP contribution >= 0.6 is 0 Å². The maximum Gasteiger partial charge on any atom is 0.0717 e. The van der Waals surface area contributed by atoms with E-state index >= 15 is 0 Å². The molecule has 120 valence electrons. The summed E-state index contributed by atoms with van der Waals surface area (Å²) in [6.45, 7) is 0. The second-order valence-electron chi connectivity index (χ2n) is 5.76. The van der Waals surface area contributed by atoms with Crippen molar-refractivity contribution >= 4 is 0 Å². The Morgan fingerprint density at radius 3 is 1.44 bits per heavy atom. The summed E-state index contributed by atoms with van der Waals surface area (Å²) in [6.07, 6.45) is 11.8. The summed E-state index contributed by atoms with van der Waals surface area (Å²) in [5.74, 6) is 0. The number of pyridine rings is 4. The Morgan fingerprint density at radius 2 is 1.08 bits per heavy atom. The van der Waals surface area contributed by atoms with Gasteiger partial charge in [0.2, 0.25) is 0 Å². The van der Waals surface area contributed by atoms with E-state index in [1.807, 2.05) is 61.2 Å². The van der Waals surface area contributed by atoms with Gasteiger partial charge in [0.15, 0.2) is 0 Å². The van der Waals surface area contributed by atoms with Gasteiger partial charge in [-0.3, -0.25) is 19.9 Å². The van der Waals surface area contributed by atoms with Crippen molar-refractivity contribution in [2.75, 3.05) is 0 Å². The fraction of sp³-hybridized carbons (Fsp3) is 0.0476. The van der Waals surface area contributed by atoms with E-state index in [4.69, 9.17) is 0 Å². The fourth-order valence-corrected chi connectivity index (χ4v) is 2.66. The number of rotatable bonds is 4. The number of aromatic nitrogens is 4. The summed E-state index contributed by atoms with van der Waals surface area (Å²) in [4.78, 5) is 17.3. The quantitative estimate of drug-likeness (QED) is 0.565. The van der Waals surface area contributed by atoms with E-state index in [0.29, 0.717) is 0 Å². The van der Waals surface area contributed by atoms with E-state index in [0.717, 1.165) is 40.1 Å². The van der Waals surface area contributed by atoms with Gasteiger partial charge in [-0.1, -0.05) is 12.1 Å². The van der Waals surface area contributed by atoms with Gasteiger partial charge >= 0.3 is 0 Å². The van der Waals surface area contributed by atoms with Gasteiger partial charge in [0.05, 0.1) is 11.4 Å². The third kappa shape index (κ3) is 3.58. The molecule has 0 atom stereocenters. The molecule has 25 heavy (non-hydrogen) atoms. The first-order chi connectivity index (χ1) is 12.4. The molecule has 0 aliphatic carbocycles. The molecule has 0 bridgehead atoms. The highest BCUT2D eigenvalue weighted by atomic mass is 14.7. The molecule has 0 aliphatic heterocycles. The summed E-state index contributed by atoms with van der Waals surface area (Å²) >= 11 is 0. The lowest BCUT2D eigenvalue weighted by Crippen LogP contribution is -1.93. The molecule has 0 saturated carbocycles. The summed E-state index contributed by atoms with van der Waals surface area (Å²) in [5, 5.41) is 0. The average molecular weight is 324 g/mol. The Kier molecular flexibility index (Phi) is 4.25. The molecule has 0 fully saturated rings. The molecule has 0 aromatic carbocycles. The van der Waals surface area contributed by atoms with Gasteiger partial charge in [-0.15, -0.1) is 0 Å². The molecule has 4 aromatic rings. The molecule has 4 heterocycles. The third-order valence-corrected chi connectivity index (χ3v) is 3.97. The molecule has 0 aliphatic rings. The van der Waals surface area contributed by atoms with Crippen LogP contribution in [-0.4, -0.2) is 19.9 Å². The van der Waals surface area contributed by atoms with E-state index in [2.05, 4.69) is 32.1 Å². The van der Waals surface area contributed by atoms with Crippen molar-refractivity contribution < 1.29 is 0 Å². The molecule has 0 spiro atoms. The van der Waals surface area contributed by atoms with E-state index < -0.39 is 0 Å². The second kappa shape index (κ2) is 7.01. The molecule has 4 heteroatoms. The van der Waals surface area contributed by atoms with Gasteiger partial charge in [-0.05, 0) is 47.5 Å². The highest BCUT2D eigenvalue weighted by molar-refractivity contribution is 5.58. The Balaban J connectivity index is 1.49. The zero-order valence-corrected chi connectivity index (χ0v) is 13.6. The van der Waals surface area contributed by atoms with Crippen molar-refractivity contribution in [2.45, 2.75) is 6.42 Å². The van der Waals surface area contributed by atoms with Crippen LogP contribution in [0.5, 0.6) is 0 Å². The molecule has 0 radical (unpaired) electrons. The minimum absolute atomic E-state index is 0.806. The van der Waals surface area contributed by atoms with Gasteiger partial charge in [-0.25, -0.2) is 0 Å². The van der Waals surface area contributed by atoms with E-state index in [1.54, 1.807) is 12.4 Å². The SMILES string of the molecule is c1cncc(-c2ccc(Cc3ccc(-c4cccnc4)nc3)cn2)c1. The summed E-state index contributed by atoms with van der Waals surface area (Å²) in [5.41, 5.74) is 6.23. The monoisotopic (exact) mass is 324 g/mol. The van der Waals surface area contributed by atoms with Crippen LogP contribution in [0.2, 0.25) is 0 Å². The zero-order valence-electron chi connectivity index (χ0n) is 13.6. The molecule has 4 aromatic heterocycles. The normalized spacial score (nSPS) is 10.6. The molecule has 0 saturated heterocycles. The zero-order chi connectivity index (χ0) is 16.9. The van der Waals surface area contributed by atoms with Gasteiger partial charge in [0.1, 0.15) is 0 Å². The number of hydrogen-bond donors (Lipinski definition) is 0. The molecule has 4 rings (SSSR count). The van der Waals surface area contributed by atoms with Crippen molar-refractivity contribution in [3.05, 3.63) is 96.8 Å². The lowest BCUT2D eigenvalue weighted by molar-refractivity contribution is 1.12. The lowest BCUT2D eigenvalue weighted by Gasteiger charge is -2.05. The largest absolute Gasteiger partial charge is 0.264 e. The number of hydrogen-bond acceptors (Lipinski definition) is 4. The van der Waals surface area contributed by atoms with Gasteiger partial charge in [0, 0.05) is 54.7 Å². The smallest absolute Gasteiger partial charge is 0.0717 e. The predicted molar refractivity (Wildman–Crippen MR) is 97.7 cm³/mol. The van der Waals surface area contributed by atoms with Crippen LogP contribution in [0.3, 0.4) is 0 Å². The first-order valence-corrected chi connectivity index (χ1v) is 8.09. The molecule has 0 amide bonds. The predicted octanol–water partition coefficient (Wildman–Crippen LogP) is 4.19. The average Bonchev–Trinajstić information content (AvgIpc) is 2.71. The highest BCUT2D eigenvalue weighted by Gasteiger charge is 2.03. The topological polar surface area (TPSA) is 51.6 Å². The standard InChI is InChI=1S/C21H16N4/c1-3-18(14-22-9-1)20-7-5-16(12-24-20)11-17-6-8-21(25-13-17)19-4-2-10-23-15-19/h1-10,12-15H,11H2. The summed E-state index contributed by atoms with van der Waals surface area (Å²) < 4.78 is 0. The molecular formula is C21H16N4. The van der Waals surface area contributed by atoms with E-state index in [-0.39, 0.29) is 0 Å². The Morgan fingerprint density at radius 1 is 0.560 bits per heavy atom. The van der Waals surface area contributed by atoms with Crippen LogP contribution in [0.4, 0.5) is 0 Å². The number of nitrogens with zero attached hydrogens (tertiary/aromatic N) is 4. The van der Waals surface area contributed by atoms with Crippen molar-refractivity contribution in [3.63, 3.8) is 0 Å². The minimum Gasteiger partial charge on any atom is -0.264 e. The summed E-state index contributed by atoms with van der Waals surface area (Å²) in [6, 6.07) is 16.1. The van der Waals surface area contributed by atoms with Crippen LogP contribution in [0.1, 0.15) is 11.1 Å². The molecule has 4 nitrogen and oxygen atoms in total. The minimum atomic E-state index is 0.806. The maximum atomic E-state index is 4.54. The first-order valence-electron chi connectivity index (χ1n) is 8.09. The highest BCUT2D eigenvalue weighted by Crippen LogP contribution is 2.18. The Hall–Kier alpha value is -3.40. The molecular weight excluding hydrogens is 308 g/mol. The van der Waals surface area contributed by atoms with Gasteiger partial charge in [0.25, 0.3) is 0 Å². The van der Waals surface area contributed by atoms with Crippen molar-refractivity contribution in [2.24, 2.45) is 0 Å². The van der Waals surface area contributed by atoms with Crippen LogP contribution in [0.25, 0.3) is 22.5 Å². The Bertz CT molecular complexity index is 854. The third-order valence-electron chi connectivity index (χ3n) is 3.97.